The molecule has 0 aliphatic rings. The molecule has 1 aromatic heterocycles. The van der Waals surface area contributed by atoms with Crippen molar-refractivity contribution in [1.82, 2.24) is 15.8 Å². The third kappa shape index (κ3) is 4.84. The van der Waals surface area contributed by atoms with Crippen LogP contribution in [0.1, 0.15) is 10.6 Å². The number of rotatable bonds is 8. The first kappa shape index (κ1) is 16.5. The second kappa shape index (κ2) is 8.53. The molecule has 2 aromatic rings. The lowest BCUT2D eigenvalue weighted by molar-refractivity contribution is 0.0917. The van der Waals surface area contributed by atoms with Crippen LogP contribution in [0.15, 0.2) is 34.9 Å². The number of carbonyl (C=O) groups excluding carboxylic acids is 1. The fourth-order valence-corrected chi connectivity index (χ4v) is 2.01. The van der Waals surface area contributed by atoms with Crippen molar-refractivity contribution in [2.24, 2.45) is 0 Å². The summed E-state index contributed by atoms with van der Waals surface area (Å²) in [6.45, 7) is 2.53. The van der Waals surface area contributed by atoms with Gasteiger partial charge < -0.3 is 19.9 Å². The maximum Gasteiger partial charge on any atom is 0.289 e. The normalized spacial score (nSPS) is 10.6. The number of halogens is 1. The van der Waals surface area contributed by atoms with Gasteiger partial charge in [0, 0.05) is 43.4 Å². The van der Waals surface area contributed by atoms with Crippen LogP contribution in [0.25, 0.3) is 11.3 Å². The quantitative estimate of drug-likeness (QED) is 0.726. The molecule has 2 N–H and O–H groups in total. The summed E-state index contributed by atoms with van der Waals surface area (Å²) in [5.74, 6) is -0.124. The molecule has 0 aliphatic heterocycles. The number of ether oxygens (including phenoxy) is 1. The molecule has 1 heterocycles. The van der Waals surface area contributed by atoms with Gasteiger partial charge in [0.2, 0.25) is 5.76 Å². The van der Waals surface area contributed by atoms with Crippen LogP contribution in [0.4, 0.5) is 0 Å². The summed E-state index contributed by atoms with van der Waals surface area (Å²) >= 11 is 5.93. The number of carbonyl (C=O) groups is 1. The first-order valence-corrected chi connectivity index (χ1v) is 7.29. The van der Waals surface area contributed by atoms with Gasteiger partial charge in [-0.05, 0) is 12.1 Å². The molecule has 6 nitrogen and oxygen atoms in total. The number of nitrogens with zero attached hydrogens (tertiary/aromatic N) is 1. The van der Waals surface area contributed by atoms with Crippen molar-refractivity contribution < 1.29 is 14.1 Å². The van der Waals surface area contributed by atoms with Gasteiger partial charge in [0.1, 0.15) is 5.69 Å². The Morgan fingerprint density at radius 2 is 2.18 bits per heavy atom. The lowest BCUT2D eigenvalue weighted by atomic mass is 10.1. The average molecular weight is 324 g/mol. The highest BCUT2D eigenvalue weighted by Crippen LogP contribution is 2.22. The maximum absolute atomic E-state index is 11.9. The number of benzene rings is 1. The number of hydrogen-bond donors (Lipinski definition) is 2. The maximum atomic E-state index is 11.9. The van der Waals surface area contributed by atoms with Gasteiger partial charge in [-0.15, -0.1) is 0 Å². The smallest absolute Gasteiger partial charge is 0.289 e. The van der Waals surface area contributed by atoms with Crippen molar-refractivity contribution in [3.63, 3.8) is 0 Å². The molecule has 0 saturated carbocycles. The van der Waals surface area contributed by atoms with E-state index in [4.69, 9.17) is 20.9 Å². The summed E-state index contributed by atoms with van der Waals surface area (Å²) in [7, 11) is 1.64. The molecule has 0 saturated heterocycles. The van der Waals surface area contributed by atoms with Crippen LogP contribution < -0.4 is 10.6 Å². The van der Waals surface area contributed by atoms with Crippen molar-refractivity contribution in [1.29, 1.82) is 0 Å². The Balaban J connectivity index is 1.84. The van der Waals surface area contributed by atoms with E-state index in [1.54, 1.807) is 25.3 Å². The lowest BCUT2D eigenvalue weighted by Gasteiger charge is -2.04. The molecule has 2 rings (SSSR count). The van der Waals surface area contributed by atoms with Crippen LogP contribution in [0.5, 0.6) is 0 Å². The van der Waals surface area contributed by atoms with Crippen LogP contribution in [-0.4, -0.2) is 44.4 Å². The summed E-state index contributed by atoms with van der Waals surface area (Å²) < 4.78 is 9.98. The van der Waals surface area contributed by atoms with Crippen molar-refractivity contribution >= 4 is 17.5 Å². The zero-order valence-electron chi connectivity index (χ0n) is 12.3. The Kier molecular flexibility index (Phi) is 6.39. The van der Waals surface area contributed by atoms with Crippen molar-refractivity contribution in [2.75, 3.05) is 33.4 Å². The molecule has 7 heteroatoms. The molecule has 0 atom stereocenters. The molecule has 1 amide bonds. The van der Waals surface area contributed by atoms with Crippen LogP contribution in [0, 0.1) is 0 Å². The van der Waals surface area contributed by atoms with Crippen molar-refractivity contribution in [3.8, 4) is 11.3 Å². The van der Waals surface area contributed by atoms with E-state index in [1.165, 1.54) is 0 Å². The Morgan fingerprint density at radius 3 is 2.95 bits per heavy atom. The van der Waals surface area contributed by atoms with E-state index >= 15 is 0 Å². The lowest BCUT2D eigenvalue weighted by Crippen LogP contribution is -2.32. The second-order valence-corrected chi connectivity index (χ2v) is 5.02. The number of methoxy groups -OCH3 is 1. The summed E-state index contributed by atoms with van der Waals surface area (Å²) in [5, 5.41) is 10.4. The average Bonchev–Trinajstić information content (AvgIpc) is 3.00. The zero-order chi connectivity index (χ0) is 15.8. The van der Waals surface area contributed by atoms with E-state index in [0.29, 0.717) is 30.4 Å². The van der Waals surface area contributed by atoms with Gasteiger partial charge in [0.05, 0.1) is 6.61 Å². The van der Waals surface area contributed by atoms with E-state index in [9.17, 15) is 4.79 Å². The van der Waals surface area contributed by atoms with Gasteiger partial charge in [-0.3, -0.25) is 4.79 Å². The largest absolute Gasteiger partial charge is 0.383 e. The minimum atomic E-state index is -0.297. The SMILES string of the molecule is COCCNCCNC(=O)c1cc(-c2cccc(Cl)c2)no1. The highest BCUT2D eigenvalue weighted by atomic mass is 35.5. The minimum Gasteiger partial charge on any atom is -0.383 e. The topological polar surface area (TPSA) is 76.4 Å². The molecule has 0 aliphatic carbocycles. The summed E-state index contributed by atoms with van der Waals surface area (Å²) in [6.07, 6.45) is 0. The predicted molar refractivity (Wildman–Crippen MR) is 84.0 cm³/mol. The van der Waals surface area contributed by atoms with E-state index in [2.05, 4.69) is 15.8 Å². The molecule has 0 radical (unpaired) electrons. The number of nitrogens with one attached hydrogen (secondary N) is 2. The molecule has 0 fully saturated rings. The van der Waals surface area contributed by atoms with Crippen LogP contribution in [0.3, 0.4) is 0 Å². The Labute approximate surface area is 133 Å². The predicted octanol–water partition coefficient (Wildman–Crippen LogP) is 1.96. The van der Waals surface area contributed by atoms with Gasteiger partial charge in [0.25, 0.3) is 5.91 Å². The molecular formula is C15H18ClN3O3. The summed E-state index contributed by atoms with van der Waals surface area (Å²) in [6, 6.07) is 8.80. The summed E-state index contributed by atoms with van der Waals surface area (Å²) in [4.78, 5) is 11.9. The highest BCUT2D eigenvalue weighted by molar-refractivity contribution is 6.30. The monoisotopic (exact) mass is 323 g/mol. The van der Waals surface area contributed by atoms with Gasteiger partial charge in [-0.25, -0.2) is 0 Å². The van der Waals surface area contributed by atoms with Gasteiger partial charge >= 0.3 is 0 Å². The minimum absolute atomic E-state index is 0.173. The van der Waals surface area contributed by atoms with E-state index < -0.39 is 0 Å². The van der Waals surface area contributed by atoms with Gasteiger partial charge in [-0.1, -0.05) is 28.9 Å². The molecule has 0 unspecified atom stereocenters. The van der Waals surface area contributed by atoms with Crippen LogP contribution in [-0.2, 0) is 4.74 Å². The zero-order valence-corrected chi connectivity index (χ0v) is 13.0. The molecule has 1 aromatic carbocycles. The Bertz CT molecular complexity index is 616. The number of aromatic nitrogens is 1. The third-order valence-corrected chi connectivity index (χ3v) is 3.16. The van der Waals surface area contributed by atoms with E-state index in [0.717, 1.165) is 12.1 Å². The van der Waals surface area contributed by atoms with Crippen LogP contribution >= 0.6 is 11.6 Å². The third-order valence-electron chi connectivity index (χ3n) is 2.92. The van der Waals surface area contributed by atoms with Gasteiger partial charge in [0.15, 0.2) is 0 Å². The van der Waals surface area contributed by atoms with Crippen molar-refractivity contribution in [2.45, 2.75) is 0 Å². The summed E-state index contributed by atoms with van der Waals surface area (Å²) in [5.41, 5.74) is 1.38. The molecule has 118 valence electrons. The Morgan fingerprint density at radius 1 is 1.32 bits per heavy atom. The van der Waals surface area contributed by atoms with Crippen molar-refractivity contribution in [3.05, 3.63) is 41.1 Å². The Hall–Kier alpha value is -1.89. The number of hydrogen-bond acceptors (Lipinski definition) is 5. The molecular weight excluding hydrogens is 306 g/mol. The first-order chi connectivity index (χ1) is 10.7. The number of amides is 1. The first-order valence-electron chi connectivity index (χ1n) is 6.91. The molecule has 0 bridgehead atoms. The standard InChI is InChI=1S/C15H18ClN3O3/c1-21-8-7-17-5-6-18-15(20)14-10-13(19-22-14)11-3-2-4-12(16)9-11/h2-4,9-10,17H,5-8H2,1H3,(H,18,20). The fraction of sp³-hybridized carbons (Fsp3) is 0.333. The highest BCUT2D eigenvalue weighted by Gasteiger charge is 2.13. The van der Waals surface area contributed by atoms with E-state index in [1.807, 2.05) is 12.1 Å². The second-order valence-electron chi connectivity index (χ2n) is 4.59. The van der Waals surface area contributed by atoms with Gasteiger partial charge in [-0.2, -0.15) is 0 Å². The fourth-order valence-electron chi connectivity index (χ4n) is 1.82. The molecule has 22 heavy (non-hydrogen) atoms. The van der Waals surface area contributed by atoms with E-state index in [-0.39, 0.29) is 11.7 Å². The van der Waals surface area contributed by atoms with Crippen LogP contribution in [0.2, 0.25) is 5.02 Å². The molecule has 0 spiro atoms.